The Bertz CT molecular complexity index is 355. The van der Waals surface area contributed by atoms with Crippen LogP contribution in [0.15, 0.2) is 0 Å². The molecule has 0 bridgehead atoms. The molecule has 4 aliphatic rings. The van der Waals surface area contributed by atoms with E-state index in [-0.39, 0.29) is 0 Å². The average molecular weight is 364 g/mol. The molecule has 0 N–H and O–H groups in total. The monoisotopic (exact) mass is 364 g/mol. The zero-order chi connectivity index (χ0) is 15.2. The summed E-state index contributed by atoms with van der Waals surface area (Å²) in [5, 5.41) is 0. The van der Waals surface area contributed by atoms with Gasteiger partial charge in [-0.05, 0) is 0 Å². The van der Waals surface area contributed by atoms with Crippen LogP contribution in [0.1, 0.15) is 97.3 Å². The molecule has 22 heavy (non-hydrogen) atoms. The molecular weight excluding hydrogens is 327 g/mol. The van der Waals surface area contributed by atoms with Gasteiger partial charge in [-0.15, -0.1) is 0 Å². The summed E-state index contributed by atoms with van der Waals surface area (Å²) in [6.07, 6.45) is 20.7. The molecule has 0 aromatic rings. The molecule has 0 radical (unpaired) electrons. The molecule has 0 aromatic carbocycles. The Morgan fingerprint density at radius 1 is 0.591 bits per heavy atom. The second-order valence-electron chi connectivity index (χ2n) is 9.48. The summed E-state index contributed by atoms with van der Waals surface area (Å²) in [6, 6.07) is 0. The first kappa shape index (κ1) is 16.1. The molecule has 1 heteroatoms. The SMILES string of the molecule is CC1(C)C2CCCCC2[As](C2CCCCC2)C2CCCCC21. The second-order valence-corrected chi connectivity index (χ2v) is 15.7. The Balaban J connectivity index is 1.67. The van der Waals surface area contributed by atoms with Gasteiger partial charge in [-0.2, -0.15) is 0 Å². The molecule has 1 aliphatic heterocycles. The van der Waals surface area contributed by atoms with Gasteiger partial charge in [-0.3, -0.25) is 0 Å². The first-order chi connectivity index (χ1) is 10.7. The molecule has 4 atom stereocenters. The fraction of sp³-hybridized carbons (Fsp3) is 1.00. The van der Waals surface area contributed by atoms with E-state index < -0.39 is 14.7 Å². The summed E-state index contributed by atoms with van der Waals surface area (Å²) in [4.78, 5) is 0. The van der Waals surface area contributed by atoms with E-state index >= 15 is 0 Å². The summed E-state index contributed by atoms with van der Waals surface area (Å²) < 4.78 is 3.76. The van der Waals surface area contributed by atoms with Crippen molar-refractivity contribution in [2.24, 2.45) is 17.3 Å². The molecule has 4 unspecified atom stereocenters. The van der Waals surface area contributed by atoms with Gasteiger partial charge in [0.15, 0.2) is 0 Å². The molecule has 4 rings (SSSR count). The Hall–Kier alpha value is 0.558. The van der Waals surface area contributed by atoms with E-state index in [1.165, 1.54) is 14.1 Å². The van der Waals surface area contributed by atoms with Gasteiger partial charge in [0.25, 0.3) is 0 Å². The molecule has 3 aliphatic carbocycles. The molecule has 0 spiro atoms. The third-order valence-electron chi connectivity index (χ3n) is 8.13. The van der Waals surface area contributed by atoms with Gasteiger partial charge in [0.05, 0.1) is 0 Å². The van der Waals surface area contributed by atoms with E-state index in [1.54, 1.807) is 83.5 Å². The normalized spacial score (nSPS) is 45.8. The van der Waals surface area contributed by atoms with Crippen LogP contribution in [-0.2, 0) is 0 Å². The predicted molar refractivity (Wildman–Crippen MR) is 97.8 cm³/mol. The number of rotatable bonds is 1. The van der Waals surface area contributed by atoms with Crippen LogP contribution in [-0.4, -0.2) is 14.7 Å². The topological polar surface area (TPSA) is 0 Å². The molecule has 3 saturated carbocycles. The van der Waals surface area contributed by atoms with E-state index in [0.29, 0.717) is 5.41 Å². The van der Waals surface area contributed by atoms with Crippen LogP contribution in [0.2, 0.25) is 14.1 Å². The summed E-state index contributed by atoms with van der Waals surface area (Å²) in [5.41, 5.74) is 0.677. The van der Waals surface area contributed by atoms with E-state index in [2.05, 4.69) is 13.8 Å². The predicted octanol–water partition coefficient (Wildman–Crippen LogP) is 6.98. The van der Waals surface area contributed by atoms with Gasteiger partial charge in [-0.1, -0.05) is 0 Å². The van der Waals surface area contributed by atoms with Gasteiger partial charge in [0.1, 0.15) is 0 Å². The van der Waals surface area contributed by atoms with Crippen molar-refractivity contribution >= 4 is 14.7 Å². The number of fused-ring (bicyclic) bond motifs is 2. The van der Waals surface area contributed by atoms with Gasteiger partial charge in [0.2, 0.25) is 0 Å². The summed E-state index contributed by atoms with van der Waals surface area (Å²) in [7, 11) is 0. The second kappa shape index (κ2) is 6.46. The van der Waals surface area contributed by atoms with Crippen molar-refractivity contribution in [2.75, 3.05) is 0 Å². The summed E-state index contributed by atoms with van der Waals surface area (Å²) in [6.45, 7) is 5.40. The van der Waals surface area contributed by atoms with Crippen molar-refractivity contribution < 1.29 is 0 Å². The molecule has 0 nitrogen and oxygen atoms in total. The quantitative estimate of drug-likeness (QED) is 0.440. The standard InChI is InChI=1S/C21H37As/c1-21(2)17-12-6-8-14-19(17)22(16-10-4-3-5-11-16)20-15-9-7-13-18(20)21/h16-20H,3-15H2,1-2H3. The van der Waals surface area contributed by atoms with Gasteiger partial charge >= 0.3 is 143 Å². The van der Waals surface area contributed by atoms with Gasteiger partial charge in [-0.25, -0.2) is 0 Å². The molecule has 0 amide bonds. The number of hydrogen-bond donors (Lipinski definition) is 0. The van der Waals surface area contributed by atoms with Crippen LogP contribution in [0.3, 0.4) is 0 Å². The first-order valence-electron chi connectivity index (χ1n) is 10.5. The molecular formula is C21H37As. The van der Waals surface area contributed by atoms with Crippen LogP contribution in [0.5, 0.6) is 0 Å². The van der Waals surface area contributed by atoms with E-state index in [1.807, 2.05) is 0 Å². The van der Waals surface area contributed by atoms with Crippen LogP contribution >= 0.6 is 0 Å². The van der Waals surface area contributed by atoms with Crippen molar-refractivity contribution in [1.29, 1.82) is 0 Å². The van der Waals surface area contributed by atoms with E-state index in [9.17, 15) is 0 Å². The molecule has 0 aromatic heterocycles. The van der Waals surface area contributed by atoms with Crippen molar-refractivity contribution in [3.63, 3.8) is 0 Å². The van der Waals surface area contributed by atoms with E-state index in [4.69, 9.17) is 0 Å². The maximum atomic E-state index is 2.70. The van der Waals surface area contributed by atoms with Gasteiger partial charge < -0.3 is 0 Å². The fourth-order valence-corrected chi connectivity index (χ4v) is 18.4. The van der Waals surface area contributed by atoms with Crippen LogP contribution < -0.4 is 0 Å². The van der Waals surface area contributed by atoms with Crippen LogP contribution in [0.25, 0.3) is 0 Å². The van der Waals surface area contributed by atoms with Crippen LogP contribution in [0, 0.1) is 17.3 Å². The number of hydrogen-bond acceptors (Lipinski definition) is 0. The van der Waals surface area contributed by atoms with Crippen molar-refractivity contribution in [3.8, 4) is 0 Å². The fourth-order valence-electron chi connectivity index (χ4n) is 7.11. The zero-order valence-electron chi connectivity index (χ0n) is 15.0. The Morgan fingerprint density at radius 3 is 1.59 bits per heavy atom. The molecule has 4 fully saturated rings. The zero-order valence-corrected chi connectivity index (χ0v) is 16.9. The van der Waals surface area contributed by atoms with Crippen molar-refractivity contribution in [3.05, 3.63) is 0 Å². The Kier molecular flexibility index (Phi) is 4.71. The van der Waals surface area contributed by atoms with Crippen molar-refractivity contribution in [1.82, 2.24) is 0 Å². The van der Waals surface area contributed by atoms with E-state index in [0.717, 1.165) is 11.8 Å². The average Bonchev–Trinajstić information content (AvgIpc) is 2.56. The first-order valence-corrected chi connectivity index (χ1v) is 13.7. The van der Waals surface area contributed by atoms with Crippen LogP contribution in [0.4, 0.5) is 0 Å². The minimum atomic E-state index is -0.653. The Labute approximate surface area is 143 Å². The van der Waals surface area contributed by atoms with Crippen molar-refractivity contribution in [2.45, 2.75) is 111 Å². The molecule has 126 valence electrons. The maximum absolute atomic E-state index is 2.70. The summed E-state index contributed by atoms with van der Waals surface area (Å²) >= 11 is -0.653. The molecule has 1 heterocycles. The molecule has 1 saturated heterocycles. The third kappa shape index (κ3) is 2.64. The Morgan fingerprint density at radius 2 is 1.05 bits per heavy atom. The van der Waals surface area contributed by atoms with Gasteiger partial charge in [0, 0.05) is 0 Å². The third-order valence-corrected chi connectivity index (χ3v) is 16.8. The minimum absolute atomic E-state index is 0.653. The summed E-state index contributed by atoms with van der Waals surface area (Å²) in [5.74, 6) is 2.25.